The Hall–Kier alpha value is -0.305. The van der Waals surface area contributed by atoms with Gasteiger partial charge in [-0.3, -0.25) is 0 Å². The average molecular weight is 215 g/mol. The highest BCUT2D eigenvalue weighted by Crippen LogP contribution is 2.29. The smallest absolute Gasteiger partial charge is 0.382 e. The van der Waals surface area contributed by atoms with Crippen molar-refractivity contribution in [2.24, 2.45) is 0 Å². The molecule has 0 spiro atoms. The molecule has 0 aromatic carbocycles. The summed E-state index contributed by atoms with van der Waals surface area (Å²) in [6.45, 7) is 13.0. The van der Waals surface area contributed by atoms with E-state index in [9.17, 15) is 0 Å². The Labute approximate surface area is 92.9 Å². The van der Waals surface area contributed by atoms with Gasteiger partial charge in [-0.05, 0) is 41.5 Å². The molecule has 14 heavy (non-hydrogen) atoms. The van der Waals surface area contributed by atoms with Crippen molar-refractivity contribution in [1.82, 2.24) is 9.62 Å². The molecule has 2 nitrogen and oxygen atoms in total. The summed E-state index contributed by atoms with van der Waals surface area (Å²) in [6.07, 6.45) is 4.07. The first-order chi connectivity index (χ1) is 6.14. The van der Waals surface area contributed by atoms with E-state index in [-0.39, 0.29) is 17.5 Å². The molecule has 0 aromatic heterocycles. The predicted molar refractivity (Wildman–Crippen MR) is 63.9 cm³/mol. The minimum absolute atomic E-state index is 0.0723. The summed E-state index contributed by atoms with van der Waals surface area (Å²) in [5, 5.41) is 0. The van der Waals surface area contributed by atoms with Crippen LogP contribution in [-0.2, 0) is 0 Å². The molecule has 1 aliphatic rings. The minimum Gasteiger partial charge on any atom is -0.382 e. The maximum Gasteiger partial charge on any atom is 0.485 e. The van der Waals surface area contributed by atoms with E-state index in [0.29, 0.717) is 0 Å². The third-order valence-electron chi connectivity index (χ3n) is 2.40. The molecule has 0 N–H and O–H groups in total. The van der Waals surface area contributed by atoms with Crippen molar-refractivity contribution in [3.8, 4) is 0 Å². The number of rotatable bonds is 0. The zero-order valence-electron chi connectivity index (χ0n) is 10.0. The van der Waals surface area contributed by atoms with Crippen molar-refractivity contribution in [3.05, 3.63) is 12.4 Å². The van der Waals surface area contributed by atoms with Gasteiger partial charge >= 0.3 is 6.40 Å². The van der Waals surface area contributed by atoms with Gasteiger partial charge in [0, 0.05) is 23.5 Å². The van der Waals surface area contributed by atoms with Crippen molar-refractivity contribution in [3.63, 3.8) is 0 Å². The molecule has 0 saturated carbocycles. The molecule has 1 rings (SSSR count). The monoisotopic (exact) mass is 214 g/mol. The molecule has 0 bridgehead atoms. The van der Waals surface area contributed by atoms with Crippen molar-refractivity contribution >= 4 is 17.9 Å². The molecule has 0 unspecified atom stereocenters. The summed E-state index contributed by atoms with van der Waals surface area (Å²) in [7, 11) is 0. The summed E-state index contributed by atoms with van der Waals surface area (Å²) in [6, 6.07) is 0. The average Bonchev–Trinajstić information content (AvgIpc) is 2.26. The summed E-state index contributed by atoms with van der Waals surface area (Å²) in [5.74, 6) is 0. The molecule has 80 valence electrons. The van der Waals surface area contributed by atoms with Crippen LogP contribution in [0.1, 0.15) is 41.5 Å². The second-order valence-corrected chi connectivity index (χ2v) is 6.16. The SMILES string of the molecule is CC(C)(C)N1C=CN(C(C)(C)C)B1Cl. The van der Waals surface area contributed by atoms with E-state index < -0.39 is 0 Å². The standard InChI is InChI=1S/C10H20BClN2/c1-9(2,3)13-7-8-14(11(13)12)10(4,5)6/h7-8H,1-6H3. The fourth-order valence-electron chi connectivity index (χ4n) is 1.51. The lowest BCUT2D eigenvalue weighted by molar-refractivity contribution is 0.290. The maximum absolute atomic E-state index is 6.40. The first kappa shape index (κ1) is 11.8. The third-order valence-corrected chi connectivity index (χ3v) is 2.82. The third kappa shape index (κ3) is 2.19. The molecular formula is C10H20BClN2. The second kappa shape index (κ2) is 3.37. The Morgan fingerprint density at radius 2 is 1.14 bits per heavy atom. The van der Waals surface area contributed by atoms with Gasteiger partial charge in [-0.15, -0.1) is 11.5 Å². The van der Waals surface area contributed by atoms with E-state index in [4.69, 9.17) is 11.5 Å². The summed E-state index contributed by atoms with van der Waals surface area (Å²) >= 11 is 6.40. The van der Waals surface area contributed by atoms with Crippen LogP contribution in [0.3, 0.4) is 0 Å². The Bertz CT molecular complexity index is 215. The van der Waals surface area contributed by atoms with E-state index in [1.807, 2.05) is 0 Å². The van der Waals surface area contributed by atoms with Crippen LogP contribution in [0.4, 0.5) is 0 Å². The lowest BCUT2D eigenvalue weighted by Crippen LogP contribution is -2.53. The van der Waals surface area contributed by atoms with Gasteiger partial charge in [-0.25, -0.2) is 0 Å². The van der Waals surface area contributed by atoms with Crippen LogP contribution in [0.5, 0.6) is 0 Å². The molecule has 0 amide bonds. The highest BCUT2D eigenvalue weighted by atomic mass is 35.5. The number of nitrogens with zero attached hydrogens (tertiary/aromatic N) is 2. The molecule has 0 saturated heterocycles. The van der Waals surface area contributed by atoms with Crippen molar-refractivity contribution in [1.29, 1.82) is 0 Å². The van der Waals surface area contributed by atoms with Crippen LogP contribution in [0.25, 0.3) is 0 Å². The number of halogens is 1. The van der Waals surface area contributed by atoms with Crippen LogP contribution in [-0.4, -0.2) is 27.1 Å². The van der Waals surface area contributed by atoms with Crippen molar-refractivity contribution in [2.45, 2.75) is 52.6 Å². The first-order valence-electron chi connectivity index (χ1n) is 5.03. The Morgan fingerprint density at radius 1 is 0.857 bits per heavy atom. The van der Waals surface area contributed by atoms with E-state index >= 15 is 0 Å². The Balaban J connectivity index is 2.81. The molecule has 1 aliphatic heterocycles. The van der Waals surface area contributed by atoms with Crippen LogP contribution < -0.4 is 0 Å². The summed E-state index contributed by atoms with van der Waals surface area (Å²) < 4.78 is 0. The lowest BCUT2D eigenvalue weighted by Gasteiger charge is -2.40. The van der Waals surface area contributed by atoms with Crippen molar-refractivity contribution < 1.29 is 0 Å². The fraction of sp³-hybridized carbons (Fsp3) is 0.800. The van der Waals surface area contributed by atoms with Crippen LogP contribution >= 0.6 is 11.5 Å². The van der Waals surface area contributed by atoms with Gasteiger partial charge < -0.3 is 9.62 Å². The number of hydrogen-bond acceptors (Lipinski definition) is 2. The highest BCUT2D eigenvalue weighted by Gasteiger charge is 2.41. The molecule has 0 atom stereocenters. The normalized spacial score (nSPS) is 18.4. The van der Waals surface area contributed by atoms with Gasteiger partial charge in [-0.2, -0.15) is 0 Å². The molecule has 0 aromatic rings. The molecule has 1 heterocycles. The first-order valence-corrected chi connectivity index (χ1v) is 5.47. The summed E-state index contributed by atoms with van der Waals surface area (Å²) in [5.41, 5.74) is 0.145. The van der Waals surface area contributed by atoms with Crippen LogP contribution in [0, 0.1) is 0 Å². The molecule has 0 radical (unpaired) electrons. The fourth-order valence-corrected chi connectivity index (χ4v) is 2.22. The molecular weight excluding hydrogens is 194 g/mol. The van der Waals surface area contributed by atoms with E-state index in [2.05, 4.69) is 63.6 Å². The summed E-state index contributed by atoms with van der Waals surface area (Å²) in [4.78, 5) is 4.33. The minimum atomic E-state index is -0.0741. The van der Waals surface area contributed by atoms with Gasteiger partial charge in [-0.1, -0.05) is 0 Å². The lowest BCUT2D eigenvalue weighted by atomic mass is 9.90. The zero-order chi connectivity index (χ0) is 11.1. The predicted octanol–water partition coefficient (Wildman–Crippen LogP) is 2.90. The number of hydrogen-bond donors (Lipinski definition) is 0. The van der Waals surface area contributed by atoms with Gasteiger partial charge in [0.05, 0.1) is 0 Å². The molecule has 4 heteroatoms. The van der Waals surface area contributed by atoms with Crippen LogP contribution in [0.2, 0.25) is 0 Å². The Kier molecular flexibility index (Phi) is 2.83. The molecule has 0 fully saturated rings. The van der Waals surface area contributed by atoms with Gasteiger partial charge in [0.15, 0.2) is 0 Å². The van der Waals surface area contributed by atoms with Gasteiger partial charge in [0.1, 0.15) is 0 Å². The van der Waals surface area contributed by atoms with E-state index in [0.717, 1.165) is 0 Å². The molecule has 0 aliphatic carbocycles. The van der Waals surface area contributed by atoms with Crippen LogP contribution in [0.15, 0.2) is 12.4 Å². The highest BCUT2D eigenvalue weighted by molar-refractivity contribution is 7.04. The van der Waals surface area contributed by atoms with E-state index in [1.54, 1.807) is 0 Å². The second-order valence-electron chi connectivity index (χ2n) is 5.76. The zero-order valence-corrected chi connectivity index (χ0v) is 10.8. The quantitative estimate of drug-likeness (QED) is 0.572. The van der Waals surface area contributed by atoms with Gasteiger partial charge in [0.2, 0.25) is 0 Å². The van der Waals surface area contributed by atoms with Crippen molar-refractivity contribution in [2.75, 3.05) is 0 Å². The van der Waals surface area contributed by atoms with Gasteiger partial charge in [0.25, 0.3) is 0 Å². The topological polar surface area (TPSA) is 6.48 Å². The largest absolute Gasteiger partial charge is 0.485 e. The van der Waals surface area contributed by atoms with E-state index in [1.165, 1.54) is 0 Å². The maximum atomic E-state index is 6.40. The Morgan fingerprint density at radius 3 is 1.29 bits per heavy atom.